The lowest BCUT2D eigenvalue weighted by Gasteiger charge is -2.21. The molecular formula is C14H24BrN3. The highest BCUT2D eigenvalue weighted by Gasteiger charge is 2.15. The van der Waals surface area contributed by atoms with Crippen LogP contribution >= 0.6 is 15.9 Å². The molecule has 0 bridgehead atoms. The first-order valence-electron chi connectivity index (χ1n) is 7.13. The van der Waals surface area contributed by atoms with Gasteiger partial charge >= 0.3 is 0 Å². The number of rotatable bonds is 6. The molecule has 0 aliphatic heterocycles. The molecule has 1 fully saturated rings. The fourth-order valence-corrected chi connectivity index (χ4v) is 3.25. The van der Waals surface area contributed by atoms with Crippen LogP contribution in [0.15, 0.2) is 12.3 Å². The predicted octanol–water partition coefficient (Wildman–Crippen LogP) is 3.65. The number of nitrogens with one attached hydrogen (secondary N) is 1. The molecule has 0 amide bonds. The lowest BCUT2D eigenvalue weighted by atomic mass is 9.96. The van der Waals surface area contributed by atoms with Crippen LogP contribution in [0.5, 0.6) is 0 Å². The monoisotopic (exact) mass is 313 g/mol. The van der Waals surface area contributed by atoms with Crippen molar-refractivity contribution in [1.82, 2.24) is 15.1 Å². The van der Waals surface area contributed by atoms with Gasteiger partial charge in [-0.2, -0.15) is 5.10 Å². The van der Waals surface area contributed by atoms with E-state index in [9.17, 15) is 0 Å². The molecule has 0 spiro atoms. The Kier molecular flexibility index (Phi) is 5.70. The van der Waals surface area contributed by atoms with Gasteiger partial charge in [0.1, 0.15) is 0 Å². The van der Waals surface area contributed by atoms with E-state index >= 15 is 0 Å². The van der Waals surface area contributed by atoms with Gasteiger partial charge in [-0.05, 0) is 32.3 Å². The fourth-order valence-electron chi connectivity index (χ4n) is 2.57. The summed E-state index contributed by atoms with van der Waals surface area (Å²) in [5.41, 5.74) is 1.17. The Morgan fingerprint density at radius 2 is 2.22 bits per heavy atom. The van der Waals surface area contributed by atoms with Gasteiger partial charge in [0.25, 0.3) is 0 Å². The Labute approximate surface area is 118 Å². The molecule has 0 radical (unpaired) electrons. The number of alkyl halides is 1. The van der Waals surface area contributed by atoms with Crippen molar-refractivity contribution in [2.75, 3.05) is 5.33 Å². The van der Waals surface area contributed by atoms with Gasteiger partial charge in [-0.3, -0.25) is 4.68 Å². The molecule has 3 nitrogen and oxygen atoms in total. The van der Waals surface area contributed by atoms with Crippen LogP contribution in [0, 0.1) is 0 Å². The van der Waals surface area contributed by atoms with Gasteiger partial charge in [-0.15, -0.1) is 0 Å². The summed E-state index contributed by atoms with van der Waals surface area (Å²) >= 11 is 3.47. The first kappa shape index (κ1) is 14.1. The van der Waals surface area contributed by atoms with E-state index in [1.54, 1.807) is 0 Å². The summed E-state index contributed by atoms with van der Waals surface area (Å²) in [6.07, 6.45) is 10.0. The Balaban J connectivity index is 1.82. The summed E-state index contributed by atoms with van der Waals surface area (Å²) in [4.78, 5) is 0. The van der Waals surface area contributed by atoms with Crippen LogP contribution in [0.4, 0.5) is 0 Å². The van der Waals surface area contributed by atoms with Crippen molar-refractivity contribution in [3.63, 3.8) is 0 Å². The van der Waals surface area contributed by atoms with Crippen LogP contribution in [0.2, 0.25) is 0 Å². The van der Waals surface area contributed by atoms with Crippen LogP contribution in [0.3, 0.4) is 0 Å². The van der Waals surface area contributed by atoms with Crippen molar-refractivity contribution in [1.29, 1.82) is 0 Å². The molecule has 1 aromatic heterocycles. The minimum atomic E-state index is 0.546. The molecule has 1 aromatic rings. The fraction of sp³-hybridized carbons (Fsp3) is 0.786. The number of halogens is 1. The first-order valence-corrected chi connectivity index (χ1v) is 8.25. The summed E-state index contributed by atoms with van der Waals surface area (Å²) in [5, 5.41) is 9.27. The highest BCUT2D eigenvalue weighted by Crippen LogP contribution is 2.27. The molecule has 4 heteroatoms. The summed E-state index contributed by atoms with van der Waals surface area (Å²) in [6.45, 7) is 3.10. The third-order valence-electron chi connectivity index (χ3n) is 3.79. The van der Waals surface area contributed by atoms with Gasteiger partial charge in [-0.25, -0.2) is 0 Å². The summed E-state index contributed by atoms with van der Waals surface area (Å²) in [5.74, 6) is 0. The normalized spacial score (nSPS) is 19.0. The number of hydrogen-bond acceptors (Lipinski definition) is 2. The van der Waals surface area contributed by atoms with Crippen molar-refractivity contribution in [3.8, 4) is 0 Å². The number of hydrogen-bond donors (Lipinski definition) is 1. The standard InChI is InChI=1S/C14H24BrN3/c1-12(7-9-15)16-11-13-8-10-18(17-13)14-5-3-2-4-6-14/h8,10,12,14,16H,2-7,9,11H2,1H3. The van der Waals surface area contributed by atoms with Crippen LogP contribution in [-0.2, 0) is 6.54 Å². The van der Waals surface area contributed by atoms with E-state index in [2.05, 4.69) is 45.1 Å². The van der Waals surface area contributed by atoms with E-state index in [-0.39, 0.29) is 0 Å². The van der Waals surface area contributed by atoms with Gasteiger partial charge in [-0.1, -0.05) is 35.2 Å². The second kappa shape index (κ2) is 7.29. The second-order valence-corrected chi connectivity index (χ2v) is 6.13. The van der Waals surface area contributed by atoms with E-state index < -0.39 is 0 Å². The van der Waals surface area contributed by atoms with Crippen molar-refractivity contribution in [3.05, 3.63) is 18.0 Å². The van der Waals surface area contributed by atoms with Crippen LogP contribution < -0.4 is 5.32 Å². The van der Waals surface area contributed by atoms with Gasteiger partial charge in [0.05, 0.1) is 11.7 Å². The molecule has 1 aliphatic carbocycles. The van der Waals surface area contributed by atoms with Crippen molar-refractivity contribution in [2.24, 2.45) is 0 Å². The molecule has 0 aromatic carbocycles. The van der Waals surface area contributed by atoms with Crippen molar-refractivity contribution >= 4 is 15.9 Å². The molecule has 1 unspecified atom stereocenters. The van der Waals surface area contributed by atoms with E-state index in [0.717, 1.165) is 18.3 Å². The summed E-state index contributed by atoms with van der Waals surface area (Å²) < 4.78 is 2.19. The molecule has 102 valence electrons. The van der Waals surface area contributed by atoms with Crippen molar-refractivity contribution < 1.29 is 0 Å². The number of nitrogens with zero attached hydrogens (tertiary/aromatic N) is 2. The third-order valence-corrected chi connectivity index (χ3v) is 4.24. The maximum atomic E-state index is 4.71. The van der Waals surface area contributed by atoms with Gasteiger partial charge < -0.3 is 5.32 Å². The maximum absolute atomic E-state index is 4.71. The van der Waals surface area contributed by atoms with E-state index in [0.29, 0.717) is 12.1 Å². The minimum Gasteiger partial charge on any atom is -0.309 e. The lowest BCUT2D eigenvalue weighted by molar-refractivity contribution is 0.327. The average Bonchev–Trinajstić information content (AvgIpc) is 2.87. The minimum absolute atomic E-state index is 0.546. The lowest BCUT2D eigenvalue weighted by Crippen LogP contribution is -2.26. The third kappa shape index (κ3) is 4.09. The van der Waals surface area contributed by atoms with E-state index in [1.165, 1.54) is 37.8 Å². The second-order valence-electron chi connectivity index (χ2n) is 5.34. The molecule has 1 N–H and O–H groups in total. The molecule has 2 rings (SSSR count). The topological polar surface area (TPSA) is 29.9 Å². The molecular weight excluding hydrogens is 290 g/mol. The maximum Gasteiger partial charge on any atom is 0.0762 e. The molecule has 18 heavy (non-hydrogen) atoms. The number of aromatic nitrogens is 2. The molecule has 0 saturated heterocycles. The zero-order valence-electron chi connectivity index (χ0n) is 11.2. The highest BCUT2D eigenvalue weighted by molar-refractivity contribution is 9.09. The molecule has 1 aliphatic rings. The largest absolute Gasteiger partial charge is 0.309 e. The van der Waals surface area contributed by atoms with Crippen LogP contribution in [-0.4, -0.2) is 21.2 Å². The van der Waals surface area contributed by atoms with Gasteiger partial charge in [0.15, 0.2) is 0 Å². The zero-order valence-corrected chi connectivity index (χ0v) is 12.8. The van der Waals surface area contributed by atoms with Crippen LogP contribution in [0.1, 0.15) is 57.2 Å². The van der Waals surface area contributed by atoms with E-state index in [4.69, 9.17) is 5.10 Å². The summed E-state index contributed by atoms with van der Waals surface area (Å²) in [7, 11) is 0. The Hall–Kier alpha value is -0.350. The van der Waals surface area contributed by atoms with Crippen molar-refractivity contribution in [2.45, 2.75) is 64.1 Å². The SMILES string of the molecule is CC(CCBr)NCc1ccn(C2CCCCC2)n1. The Morgan fingerprint density at radius 1 is 1.44 bits per heavy atom. The average molecular weight is 314 g/mol. The molecule has 1 heterocycles. The highest BCUT2D eigenvalue weighted by atomic mass is 79.9. The molecule has 1 atom stereocenters. The zero-order chi connectivity index (χ0) is 12.8. The van der Waals surface area contributed by atoms with Gasteiger partial charge in [0, 0.05) is 24.1 Å². The van der Waals surface area contributed by atoms with E-state index in [1.807, 2.05) is 0 Å². The summed E-state index contributed by atoms with van der Waals surface area (Å²) in [6, 6.07) is 3.35. The van der Waals surface area contributed by atoms with Gasteiger partial charge in [0.2, 0.25) is 0 Å². The smallest absolute Gasteiger partial charge is 0.0762 e. The quantitative estimate of drug-likeness (QED) is 0.812. The Morgan fingerprint density at radius 3 is 2.94 bits per heavy atom. The Bertz CT molecular complexity index is 345. The van der Waals surface area contributed by atoms with Crippen LogP contribution in [0.25, 0.3) is 0 Å². The first-order chi connectivity index (χ1) is 8.79. The predicted molar refractivity (Wildman–Crippen MR) is 79.1 cm³/mol. The molecule has 1 saturated carbocycles.